The molecular weight excluding hydrogens is 482 g/mol. The molecule has 1 aliphatic carbocycles. The fourth-order valence-corrected chi connectivity index (χ4v) is 6.65. The summed E-state index contributed by atoms with van der Waals surface area (Å²) in [4.78, 5) is 14.0. The Morgan fingerprint density at radius 2 is 1.46 bits per heavy atom. The predicted octanol–water partition coefficient (Wildman–Crippen LogP) is 4.77. The molecule has 9 heteroatoms. The van der Waals surface area contributed by atoms with Crippen LogP contribution in [-0.2, 0) is 4.74 Å². The second-order valence-electron chi connectivity index (χ2n) is 10.7. The maximum Gasteiger partial charge on any atom is 0.225 e. The number of anilines is 2. The largest absolute Gasteiger partial charge is 0.375 e. The van der Waals surface area contributed by atoms with Gasteiger partial charge in [0, 0.05) is 49.7 Å². The molecule has 2 N–H and O–H groups in total. The highest BCUT2D eigenvalue weighted by Gasteiger charge is 2.26. The lowest BCUT2D eigenvalue weighted by molar-refractivity contribution is -0.0396. The molecule has 3 aromatic rings. The highest BCUT2D eigenvalue weighted by atomic mass is 32.1. The van der Waals surface area contributed by atoms with Gasteiger partial charge in [-0.2, -0.15) is 0 Å². The summed E-state index contributed by atoms with van der Waals surface area (Å²) in [6.07, 6.45) is 14.5. The quantitative estimate of drug-likeness (QED) is 0.477. The molecule has 1 saturated carbocycles. The average molecular weight is 520 g/mol. The van der Waals surface area contributed by atoms with Crippen molar-refractivity contribution >= 4 is 22.4 Å². The van der Waals surface area contributed by atoms with E-state index in [-0.39, 0.29) is 0 Å². The van der Waals surface area contributed by atoms with Crippen LogP contribution in [0.3, 0.4) is 0 Å². The molecular formula is C28H37N7OS. The van der Waals surface area contributed by atoms with Gasteiger partial charge in [-0.25, -0.2) is 9.97 Å². The summed E-state index contributed by atoms with van der Waals surface area (Å²) in [6, 6.07) is 8.45. The van der Waals surface area contributed by atoms with Crippen LogP contribution in [-0.4, -0.2) is 65.1 Å². The predicted molar refractivity (Wildman–Crippen MR) is 149 cm³/mol. The van der Waals surface area contributed by atoms with Crippen molar-refractivity contribution in [1.82, 2.24) is 20.2 Å². The number of nitrogens with two attached hydrogens (primary N) is 1. The highest BCUT2D eigenvalue weighted by Crippen LogP contribution is 2.33. The third-order valence-corrected chi connectivity index (χ3v) is 9.10. The SMILES string of the molecule is NCC1CCN(c2nnc(-c3ccc(-c4cnc(N5CCC(OC6CCCCC6)CC5)nc4)cc3)s2)C1. The lowest BCUT2D eigenvalue weighted by Crippen LogP contribution is -2.39. The van der Waals surface area contributed by atoms with Crippen LogP contribution in [0.5, 0.6) is 0 Å². The van der Waals surface area contributed by atoms with E-state index in [1.807, 2.05) is 12.4 Å². The van der Waals surface area contributed by atoms with Gasteiger partial charge in [0.15, 0.2) is 0 Å². The Morgan fingerprint density at radius 3 is 2.16 bits per heavy atom. The molecule has 6 rings (SSSR count). The van der Waals surface area contributed by atoms with E-state index >= 15 is 0 Å². The van der Waals surface area contributed by atoms with Crippen molar-refractivity contribution in [2.75, 3.05) is 42.5 Å². The van der Waals surface area contributed by atoms with Crippen LogP contribution in [0.25, 0.3) is 21.7 Å². The van der Waals surface area contributed by atoms with Crippen LogP contribution in [0.1, 0.15) is 51.4 Å². The number of piperidine rings is 1. The van der Waals surface area contributed by atoms with Crippen molar-refractivity contribution in [2.24, 2.45) is 11.7 Å². The van der Waals surface area contributed by atoms with Crippen molar-refractivity contribution in [3.63, 3.8) is 0 Å². The number of hydrogen-bond acceptors (Lipinski definition) is 9. The number of rotatable bonds is 7. The van der Waals surface area contributed by atoms with Crippen LogP contribution < -0.4 is 15.5 Å². The highest BCUT2D eigenvalue weighted by molar-refractivity contribution is 7.18. The molecule has 4 heterocycles. The molecule has 0 spiro atoms. The second kappa shape index (κ2) is 11.4. The molecule has 0 radical (unpaired) electrons. The van der Waals surface area contributed by atoms with Crippen molar-refractivity contribution in [1.29, 1.82) is 0 Å². The second-order valence-corrected chi connectivity index (χ2v) is 11.6. The molecule has 1 atom stereocenters. The van der Waals surface area contributed by atoms with Gasteiger partial charge in [-0.1, -0.05) is 54.9 Å². The molecule has 0 amide bonds. The van der Waals surface area contributed by atoms with E-state index in [0.717, 1.165) is 84.8 Å². The number of benzene rings is 1. The van der Waals surface area contributed by atoms with E-state index in [4.69, 9.17) is 20.4 Å². The van der Waals surface area contributed by atoms with Gasteiger partial charge in [0.1, 0.15) is 5.01 Å². The Morgan fingerprint density at radius 1 is 0.784 bits per heavy atom. The number of aromatic nitrogens is 4. The molecule has 37 heavy (non-hydrogen) atoms. The Labute approximate surface area is 223 Å². The van der Waals surface area contributed by atoms with Gasteiger partial charge in [0.05, 0.1) is 12.2 Å². The van der Waals surface area contributed by atoms with E-state index in [2.05, 4.69) is 44.3 Å². The zero-order valence-corrected chi connectivity index (χ0v) is 22.3. The fourth-order valence-electron chi connectivity index (χ4n) is 5.76. The maximum atomic E-state index is 6.39. The minimum atomic E-state index is 0.388. The molecule has 3 aliphatic rings. The van der Waals surface area contributed by atoms with E-state index < -0.39 is 0 Å². The lowest BCUT2D eigenvalue weighted by atomic mass is 9.97. The lowest BCUT2D eigenvalue weighted by Gasteiger charge is -2.34. The van der Waals surface area contributed by atoms with E-state index in [0.29, 0.717) is 18.1 Å². The maximum absolute atomic E-state index is 6.39. The van der Waals surface area contributed by atoms with Gasteiger partial charge < -0.3 is 20.3 Å². The smallest absolute Gasteiger partial charge is 0.225 e. The minimum absolute atomic E-state index is 0.388. The fraction of sp³-hybridized carbons (Fsp3) is 0.571. The van der Waals surface area contributed by atoms with Crippen molar-refractivity contribution < 1.29 is 4.74 Å². The van der Waals surface area contributed by atoms with Crippen molar-refractivity contribution in [2.45, 2.75) is 63.6 Å². The summed E-state index contributed by atoms with van der Waals surface area (Å²) in [5.41, 5.74) is 9.04. The Balaban J connectivity index is 1.04. The summed E-state index contributed by atoms with van der Waals surface area (Å²) >= 11 is 1.65. The van der Waals surface area contributed by atoms with E-state index in [9.17, 15) is 0 Å². The Hall–Kier alpha value is -2.62. The van der Waals surface area contributed by atoms with Crippen molar-refractivity contribution in [3.8, 4) is 21.7 Å². The zero-order valence-electron chi connectivity index (χ0n) is 21.5. The molecule has 2 saturated heterocycles. The Bertz CT molecular complexity index is 1140. The summed E-state index contributed by atoms with van der Waals surface area (Å²) in [5.74, 6) is 1.38. The molecule has 2 aromatic heterocycles. The number of hydrogen-bond donors (Lipinski definition) is 1. The molecule has 196 valence electrons. The molecule has 8 nitrogen and oxygen atoms in total. The third kappa shape index (κ3) is 5.78. The van der Waals surface area contributed by atoms with Gasteiger partial charge in [-0.15, -0.1) is 10.2 Å². The summed E-state index contributed by atoms with van der Waals surface area (Å²) in [5, 5.41) is 10.8. The average Bonchev–Trinajstić information content (AvgIpc) is 3.65. The van der Waals surface area contributed by atoms with Crippen LogP contribution in [0.4, 0.5) is 11.1 Å². The van der Waals surface area contributed by atoms with E-state index in [1.165, 1.54) is 32.1 Å². The van der Waals surface area contributed by atoms with Crippen LogP contribution >= 0.6 is 11.3 Å². The van der Waals surface area contributed by atoms with Crippen molar-refractivity contribution in [3.05, 3.63) is 36.7 Å². The first kappa shape index (κ1) is 24.7. The third-order valence-electron chi connectivity index (χ3n) is 8.07. The first-order chi connectivity index (χ1) is 18.2. The van der Waals surface area contributed by atoms with Crippen LogP contribution in [0, 0.1) is 5.92 Å². The number of ether oxygens (including phenoxy) is 1. The standard InChI is InChI=1S/C28H37N7OS/c29-16-20-10-13-35(19-20)28-33-32-26(37-28)22-8-6-21(7-9-22)23-17-30-27(31-18-23)34-14-11-25(12-15-34)36-24-4-2-1-3-5-24/h6-9,17-18,20,24-25H,1-5,10-16,19,29H2. The first-order valence-corrected chi connectivity index (χ1v) is 14.7. The molecule has 1 unspecified atom stereocenters. The van der Waals surface area contributed by atoms with Gasteiger partial charge in [-0.05, 0) is 50.1 Å². The van der Waals surface area contributed by atoms with Gasteiger partial charge in [-0.3, -0.25) is 0 Å². The van der Waals surface area contributed by atoms with Crippen LogP contribution in [0.15, 0.2) is 36.7 Å². The summed E-state index contributed by atoms with van der Waals surface area (Å²) in [6.45, 7) is 4.64. The zero-order chi connectivity index (χ0) is 25.0. The first-order valence-electron chi connectivity index (χ1n) is 13.9. The van der Waals surface area contributed by atoms with Gasteiger partial charge in [0.2, 0.25) is 11.1 Å². The van der Waals surface area contributed by atoms with Gasteiger partial charge in [0.25, 0.3) is 0 Å². The monoisotopic (exact) mass is 519 g/mol. The topological polar surface area (TPSA) is 93.3 Å². The van der Waals surface area contributed by atoms with Gasteiger partial charge >= 0.3 is 0 Å². The summed E-state index contributed by atoms with van der Waals surface area (Å²) in [7, 11) is 0. The number of nitrogens with zero attached hydrogens (tertiary/aromatic N) is 6. The normalized spacial score (nSPS) is 21.6. The molecule has 1 aromatic carbocycles. The van der Waals surface area contributed by atoms with E-state index in [1.54, 1.807) is 11.3 Å². The molecule has 2 aliphatic heterocycles. The molecule has 3 fully saturated rings. The molecule has 0 bridgehead atoms. The Kier molecular flexibility index (Phi) is 7.62. The van der Waals surface area contributed by atoms with Crippen LogP contribution in [0.2, 0.25) is 0 Å². The minimum Gasteiger partial charge on any atom is -0.375 e. The summed E-state index contributed by atoms with van der Waals surface area (Å²) < 4.78 is 6.39.